The first-order valence-electron chi connectivity index (χ1n) is 11.4. The molecular formula is C26H25FN6. The number of hydrogen-bond donors (Lipinski definition) is 2. The van der Waals surface area contributed by atoms with E-state index in [0.717, 1.165) is 36.3 Å². The number of nitrogens with zero attached hydrogens (tertiary/aromatic N) is 4. The number of fused-ring (bicyclic) bond motifs is 4. The van der Waals surface area contributed by atoms with Crippen molar-refractivity contribution in [3.8, 4) is 11.3 Å². The lowest BCUT2D eigenvalue weighted by atomic mass is 9.91. The first-order valence-corrected chi connectivity index (χ1v) is 11.4. The topological polar surface area (TPSA) is 70.9 Å². The molecule has 0 saturated carbocycles. The molecular weight excluding hydrogens is 415 g/mol. The van der Waals surface area contributed by atoms with Crippen molar-refractivity contribution in [3.05, 3.63) is 77.6 Å². The van der Waals surface area contributed by atoms with Crippen molar-refractivity contribution in [2.24, 2.45) is 0 Å². The summed E-state index contributed by atoms with van der Waals surface area (Å²) in [5.41, 5.74) is 7.11. The van der Waals surface area contributed by atoms with Crippen LogP contribution in [0, 0.1) is 5.82 Å². The van der Waals surface area contributed by atoms with Crippen molar-refractivity contribution in [2.45, 2.75) is 45.1 Å². The van der Waals surface area contributed by atoms with Crippen molar-refractivity contribution in [2.75, 3.05) is 5.32 Å². The molecule has 4 aromatic heterocycles. The van der Waals surface area contributed by atoms with Gasteiger partial charge in [0.05, 0.1) is 18.1 Å². The van der Waals surface area contributed by atoms with E-state index in [2.05, 4.69) is 58.5 Å². The first-order chi connectivity index (χ1) is 16.1. The van der Waals surface area contributed by atoms with Crippen molar-refractivity contribution >= 4 is 22.4 Å². The summed E-state index contributed by atoms with van der Waals surface area (Å²) in [5.74, 6) is 0.757. The molecule has 0 unspecified atom stereocenters. The van der Waals surface area contributed by atoms with Crippen molar-refractivity contribution in [3.63, 3.8) is 0 Å². The SMILES string of the molecule is CC(C)c1cnn2c(N[C@@H]3CCc4[nH]c5ccccc5c4C3)cc(-c3cncc(F)c3)nc12. The van der Waals surface area contributed by atoms with Gasteiger partial charge in [0.15, 0.2) is 5.65 Å². The second-order valence-electron chi connectivity index (χ2n) is 9.12. The number of halogens is 1. The highest BCUT2D eigenvalue weighted by molar-refractivity contribution is 5.85. The van der Waals surface area contributed by atoms with Gasteiger partial charge in [-0.25, -0.2) is 9.37 Å². The smallest absolute Gasteiger partial charge is 0.161 e. The van der Waals surface area contributed by atoms with Crippen LogP contribution in [0.1, 0.15) is 43.0 Å². The van der Waals surface area contributed by atoms with Gasteiger partial charge in [0.2, 0.25) is 0 Å². The molecule has 33 heavy (non-hydrogen) atoms. The summed E-state index contributed by atoms with van der Waals surface area (Å²) in [4.78, 5) is 12.4. The quantitative estimate of drug-likeness (QED) is 0.387. The average molecular weight is 441 g/mol. The molecule has 1 aliphatic rings. The van der Waals surface area contributed by atoms with Crippen molar-refractivity contribution < 1.29 is 4.39 Å². The standard InChI is InChI=1S/C26H25FN6/c1-15(2)21-14-29-33-25(11-24(32-26(21)33)16-9-17(27)13-28-12-16)30-18-7-8-23-20(10-18)19-5-3-4-6-22(19)31-23/h3-6,9,11-15,18,30-31H,7-8,10H2,1-2H3/t18-/m1/s1. The Morgan fingerprint density at radius 3 is 2.88 bits per heavy atom. The molecule has 0 radical (unpaired) electrons. The Labute approximate surface area is 190 Å². The van der Waals surface area contributed by atoms with Crippen LogP contribution in [0.3, 0.4) is 0 Å². The van der Waals surface area contributed by atoms with E-state index < -0.39 is 0 Å². The Kier molecular flexibility index (Phi) is 4.64. The van der Waals surface area contributed by atoms with Gasteiger partial charge in [-0.1, -0.05) is 32.0 Å². The van der Waals surface area contributed by atoms with E-state index in [1.54, 1.807) is 6.20 Å². The predicted molar refractivity (Wildman–Crippen MR) is 128 cm³/mol. The lowest BCUT2D eigenvalue weighted by Gasteiger charge is -2.25. The molecule has 6 nitrogen and oxygen atoms in total. The molecule has 5 aromatic rings. The third-order valence-corrected chi connectivity index (χ3v) is 6.57. The van der Waals surface area contributed by atoms with Crippen LogP contribution in [0.4, 0.5) is 10.2 Å². The number of hydrogen-bond acceptors (Lipinski definition) is 4. The van der Waals surface area contributed by atoms with Gasteiger partial charge in [0.1, 0.15) is 11.6 Å². The van der Waals surface area contributed by atoms with Crippen LogP contribution in [-0.4, -0.2) is 30.6 Å². The minimum absolute atomic E-state index is 0.257. The molecule has 1 atom stereocenters. The number of benzene rings is 1. The third-order valence-electron chi connectivity index (χ3n) is 6.57. The van der Waals surface area contributed by atoms with Crippen LogP contribution in [0.25, 0.3) is 27.8 Å². The number of pyridine rings is 1. The Morgan fingerprint density at radius 1 is 1.15 bits per heavy atom. The summed E-state index contributed by atoms with van der Waals surface area (Å²) in [5, 5.41) is 9.66. The zero-order chi connectivity index (χ0) is 22.5. The monoisotopic (exact) mass is 440 g/mol. The molecule has 0 fully saturated rings. The Morgan fingerprint density at radius 2 is 2.03 bits per heavy atom. The summed E-state index contributed by atoms with van der Waals surface area (Å²) >= 11 is 0. The molecule has 0 bridgehead atoms. The van der Waals surface area contributed by atoms with Crippen LogP contribution in [0.2, 0.25) is 0 Å². The summed E-state index contributed by atoms with van der Waals surface area (Å²) in [6.45, 7) is 4.25. The maximum absolute atomic E-state index is 13.9. The lowest BCUT2D eigenvalue weighted by molar-refractivity contribution is 0.603. The summed E-state index contributed by atoms with van der Waals surface area (Å²) in [7, 11) is 0. The number of nitrogens with one attached hydrogen (secondary N) is 2. The number of rotatable bonds is 4. The van der Waals surface area contributed by atoms with Gasteiger partial charge in [0, 0.05) is 46.0 Å². The molecule has 4 heterocycles. The molecule has 2 N–H and O–H groups in total. The molecule has 7 heteroatoms. The van der Waals surface area contributed by atoms with E-state index in [-0.39, 0.29) is 17.8 Å². The van der Waals surface area contributed by atoms with Crippen LogP contribution in [0.15, 0.2) is 55.0 Å². The van der Waals surface area contributed by atoms with Crippen LogP contribution < -0.4 is 5.32 Å². The predicted octanol–water partition coefficient (Wildman–Crippen LogP) is 5.50. The van der Waals surface area contributed by atoms with E-state index in [1.165, 1.54) is 34.4 Å². The number of para-hydroxylation sites is 1. The highest BCUT2D eigenvalue weighted by Gasteiger charge is 2.24. The maximum Gasteiger partial charge on any atom is 0.161 e. The van der Waals surface area contributed by atoms with Crippen LogP contribution in [-0.2, 0) is 12.8 Å². The molecule has 0 aliphatic heterocycles. The second kappa shape index (κ2) is 7.69. The largest absolute Gasteiger partial charge is 0.367 e. The van der Waals surface area contributed by atoms with E-state index in [4.69, 9.17) is 4.98 Å². The number of H-pyrrole nitrogens is 1. The molecule has 1 aliphatic carbocycles. The van der Waals surface area contributed by atoms with Gasteiger partial charge in [0.25, 0.3) is 0 Å². The van der Waals surface area contributed by atoms with Gasteiger partial charge < -0.3 is 10.3 Å². The third kappa shape index (κ3) is 3.44. The second-order valence-corrected chi connectivity index (χ2v) is 9.12. The number of anilines is 1. The van der Waals surface area contributed by atoms with Crippen LogP contribution >= 0.6 is 0 Å². The first kappa shape index (κ1) is 19.9. The molecule has 166 valence electrons. The van der Waals surface area contributed by atoms with Gasteiger partial charge in [-0.05, 0) is 42.9 Å². The van der Waals surface area contributed by atoms with Gasteiger partial charge in [-0.15, -0.1) is 0 Å². The number of aromatic amines is 1. The highest BCUT2D eigenvalue weighted by Crippen LogP contribution is 2.32. The van der Waals surface area contributed by atoms with E-state index in [0.29, 0.717) is 11.3 Å². The lowest BCUT2D eigenvalue weighted by Crippen LogP contribution is -2.28. The fourth-order valence-electron chi connectivity index (χ4n) is 4.89. The van der Waals surface area contributed by atoms with E-state index >= 15 is 0 Å². The number of aryl methyl sites for hydroxylation is 1. The minimum Gasteiger partial charge on any atom is -0.367 e. The van der Waals surface area contributed by atoms with Crippen molar-refractivity contribution in [1.82, 2.24) is 24.6 Å². The Hall–Kier alpha value is -3.74. The zero-order valence-corrected chi connectivity index (χ0v) is 18.6. The molecule has 0 amide bonds. The van der Waals surface area contributed by atoms with Gasteiger partial charge >= 0.3 is 0 Å². The van der Waals surface area contributed by atoms with Gasteiger partial charge in [-0.2, -0.15) is 9.61 Å². The summed E-state index contributed by atoms with van der Waals surface area (Å²) < 4.78 is 15.8. The highest BCUT2D eigenvalue weighted by atomic mass is 19.1. The van der Waals surface area contributed by atoms with E-state index in [9.17, 15) is 4.39 Å². The molecule has 0 saturated heterocycles. The fourth-order valence-corrected chi connectivity index (χ4v) is 4.89. The Bertz CT molecular complexity index is 1480. The minimum atomic E-state index is -0.375. The Balaban J connectivity index is 1.41. The van der Waals surface area contributed by atoms with Crippen molar-refractivity contribution in [1.29, 1.82) is 0 Å². The average Bonchev–Trinajstić information content (AvgIpc) is 3.41. The fraction of sp³-hybridized carbons (Fsp3) is 0.269. The summed E-state index contributed by atoms with van der Waals surface area (Å²) in [6.07, 6.45) is 7.67. The molecule has 0 spiro atoms. The van der Waals surface area contributed by atoms with Crippen LogP contribution in [0.5, 0.6) is 0 Å². The normalized spacial score (nSPS) is 15.9. The zero-order valence-electron chi connectivity index (χ0n) is 18.6. The molecule has 1 aromatic carbocycles. The molecule has 6 rings (SSSR count). The summed E-state index contributed by atoms with van der Waals surface area (Å²) in [6, 6.07) is 12.2. The number of aromatic nitrogens is 5. The van der Waals surface area contributed by atoms with E-state index in [1.807, 2.05) is 16.8 Å². The maximum atomic E-state index is 13.9. The van der Waals surface area contributed by atoms with Gasteiger partial charge in [-0.3, -0.25) is 4.98 Å².